The van der Waals surface area contributed by atoms with E-state index in [9.17, 15) is 15.0 Å². The molecule has 24 heavy (non-hydrogen) atoms. The van der Waals surface area contributed by atoms with E-state index in [1.54, 1.807) is 18.2 Å². The molecule has 0 amide bonds. The zero-order valence-corrected chi connectivity index (χ0v) is 12.9. The molecule has 1 aliphatic rings. The predicted octanol–water partition coefficient (Wildman–Crippen LogP) is 4.32. The van der Waals surface area contributed by atoms with Gasteiger partial charge in [-0.05, 0) is 34.9 Å². The predicted molar refractivity (Wildman–Crippen MR) is 92.5 cm³/mol. The number of benzene rings is 3. The molecule has 0 atom stereocenters. The number of ketones is 1. The van der Waals surface area contributed by atoms with Crippen molar-refractivity contribution in [3.8, 4) is 22.6 Å². The number of carbonyl (C=O) groups is 1. The van der Waals surface area contributed by atoms with E-state index in [4.69, 9.17) is 4.74 Å². The quantitative estimate of drug-likeness (QED) is 0.738. The molecule has 0 spiro atoms. The molecule has 3 aromatic carbocycles. The molecule has 4 nitrogen and oxygen atoms in total. The summed E-state index contributed by atoms with van der Waals surface area (Å²) in [5.41, 5.74) is 2.63. The number of phenolic OH excluding ortho intramolecular Hbond substituents is 1. The molecular formula is C20H14O4. The lowest BCUT2D eigenvalue weighted by molar-refractivity contribution is 0.0981. The zero-order chi connectivity index (χ0) is 16.8. The fraction of sp³-hybridized carbons (Fsp3) is 0.0500. The Morgan fingerprint density at radius 3 is 2.46 bits per heavy atom. The number of phenols is 1. The minimum Gasteiger partial charge on any atom is -0.504 e. The average molecular weight is 318 g/mol. The van der Waals surface area contributed by atoms with Crippen LogP contribution < -0.4 is 4.74 Å². The van der Waals surface area contributed by atoms with E-state index in [1.165, 1.54) is 13.2 Å². The molecule has 118 valence electrons. The van der Waals surface area contributed by atoms with E-state index < -0.39 is 5.78 Å². The van der Waals surface area contributed by atoms with Crippen molar-refractivity contribution in [2.45, 2.75) is 0 Å². The van der Waals surface area contributed by atoms with Gasteiger partial charge in [-0.15, -0.1) is 0 Å². The lowest BCUT2D eigenvalue weighted by Gasteiger charge is -2.20. The first kappa shape index (κ1) is 14.3. The standard InChI is InChI=1S/C20H14O4/c1-24-16-10-12-9-15(21)20(23)18-13(11-5-3-2-4-6-11)7-8-14(17(12)18)19(16)22/h2-10,21-22H,1H3. The molecule has 3 aromatic rings. The Morgan fingerprint density at radius 2 is 1.75 bits per heavy atom. The van der Waals surface area contributed by atoms with Gasteiger partial charge in [0, 0.05) is 16.3 Å². The first-order valence-electron chi connectivity index (χ1n) is 7.49. The number of aliphatic hydroxyl groups is 1. The Bertz CT molecular complexity index is 1020. The van der Waals surface area contributed by atoms with Crippen molar-refractivity contribution in [3.05, 3.63) is 65.4 Å². The summed E-state index contributed by atoms with van der Waals surface area (Å²) in [5.74, 6) is -0.481. The fourth-order valence-electron chi connectivity index (χ4n) is 3.22. The van der Waals surface area contributed by atoms with Gasteiger partial charge in [0.25, 0.3) is 0 Å². The van der Waals surface area contributed by atoms with Crippen molar-refractivity contribution in [3.63, 3.8) is 0 Å². The van der Waals surface area contributed by atoms with E-state index in [2.05, 4.69) is 0 Å². The summed E-state index contributed by atoms with van der Waals surface area (Å²) < 4.78 is 5.19. The van der Waals surface area contributed by atoms with Crippen LogP contribution in [-0.4, -0.2) is 23.1 Å². The first-order valence-corrected chi connectivity index (χ1v) is 7.49. The third-order valence-electron chi connectivity index (χ3n) is 4.33. The number of hydrogen-bond acceptors (Lipinski definition) is 4. The van der Waals surface area contributed by atoms with Crippen molar-refractivity contribution >= 4 is 22.6 Å². The Morgan fingerprint density at radius 1 is 1.00 bits per heavy atom. The number of allylic oxidation sites excluding steroid dienone is 1. The lowest BCUT2D eigenvalue weighted by Crippen LogP contribution is -2.10. The van der Waals surface area contributed by atoms with Crippen LogP contribution in [0.2, 0.25) is 0 Å². The average Bonchev–Trinajstić information content (AvgIpc) is 2.62. The number of aromatic hydroxyl groups is 1. The lowest BCUT2D eigenvalue weighted by atomic mass is 9.85. The minimum absolute atomic E-state index is 0.0142. The summed E-state index contributed by atoms with van der Waals surface area (Å²) in [6.07, 6.45) is 1.41. The number of Topliss-reactive ketones (excluding diaryl/α,β-unsaturated/α-hetero) is 1. The van der Waals surface area contributed by atoms with Crippen LogP contribution in [0.25, 0.3) is 28.0 Å². The summed E-state index contributed by atoms with van der Waals surface area (Å²) in [7, 11) is 1.46. The van der Waals surface area contributed by atoms with Gasteiger partial charge in [-0.2, -0.15) is 0 Å². The summed E-state index contributed by atoms with van der Waals surface area (Å²) >= 11 is 0. The maximum Gasteiger partial charge on any atom is 0.228 e. The monoisotopic (exact) mass is 318 g/mol. The molecule has 0 aliphatic heterocycles. The summed E-state index contributed by atoms with van der Waals surface area (Å²) in [6.45, 7) is 0. The highest BCUT2D eigenvalue weighted by Crippen LogP contribution is 2.44. The molecule has 0 fully saturated rings. The van der Waals surface area contributed by atoms with Crippen molar-refractivity contribution in [1.29, 1.82) is 0 Å². The van der Waals surface area contributed by atoms with Gasteiger partial charge < -0.3 is 14.9 Å². The molecule has 4 heteroatoms. The van der Waals surface area contributed by atoms with E-state index in [-0.39, 0.29) is 11.5 Å². The molecular weight excluding hydrogens is 304 g/mol. The topological polar surface area (TPSA) is 66.8 Å². The van der Waals surface area contributed by atoms with E-state index in [0.717, 1.165) is 11.1 Å². The van der Waals surface area contributed by atoms with Crippen LogP contribution in [-0.2, 0) is 0 Å². The molecule has 0 saturated carbocycles. The highest BCUT2D eigenvalue weighted by molar-refractivity contribution is 6.25. The maximum absolute atomic E-state index is 12.6. The second kappa shape index (κ2) is 5.13. The summed E-state index contributed by atoms with van der Waals surface area (Å²) in [4.78, 5) is 12.6. The number of methoxy groups -OCH3 is 1. The van der Waals surface area contributed by atoms with E-state index in [1.807, 2.05) is 30.3 Å². The van der Waals surface area contributed by atoms with Gasteiger partial charge in [0.05, 0.1) is 7.11 Å². The zero-order valence-electron chi connectivity index (χ0n) is 12.9. The molecule has 0 radical (unpaired) electrons. The largest absolute Gasteiger partial charge is 0.504 e. The third kappa shape index (κ3) is 1.90. The molecule has 1 aliphatic carbocycles. The van der Waals surface area contributed by atoms with Gasteiger partial charge in [-0.25, -0.2) is 0 Å². The Balaban J connectivity index is 2.16. The molecule has 0 unspecified atom stereocenters. The van der Waals surface area contributed by atoms with Gasteiger partial charge in [0.15, 0.2) is 17.3 Å². The van der Waals surface area contributed by atoms with E-state index >= 15 is 0 Å². The van der Waals surface area contributed by atoms with E-state index in [0.29, 0.717) is 27.6 Å². The molecule has 4 rings (SSSR count). The van der Waals surface area contributed by atoms with Crippen molar-refractivity contribution < 1.29 is 19.7 Å². The first-order chi connectivity index (χ1) is 11.6. The van der Waals surface area contributed by atoms with Gasteiger partial charge in [0.2, 0.25) is 5.78 Å². The van der Waals surface area contributed by atoms with Crippen LogP contribution in [0.5, 0.6) is 11.5 Å². The second-order valence-electron chi connectivity index (χ2n) is 5.65. The Labute approximate surface area is 138 Å². The second-order valence-corrected chi connectivity index (χ2v) is 5.65. The Hall–Kier alpha value is -3.27. The third-order valence-corrected chi connectivity index (χ3v) is 4.33. The van der Waals surface area contributed by atoms with Gasteiger partial charge in [-0.1, -0.05) is 36.4 Å². The number of rotatable bonds is 2. The number of ether oxygens (including phenoxy) is 1. The van der Waals surface area contributed by atoms with Crippen molar-refractivity contribution in [2.75, 3.05) is 7.11 Å². The molecule has 0 aromatic heterocycles. The fourth-order valence-corrected chi connectivity index (χ4v) is 3.22. The van der Waals surface area contributed by atoms with Crippen molar-refractivity contribution in [2.24, 2.45) is 0 Å². The Kier molecular flexibility index (Phi) is 3.06. The SMILES string of the molecule is COc1cc2c3c(c(-c4ccccc4)ccc3c1O)C(=O)C(O)=C2. The van der Waals surface area contributed by atoms with Gasteiger partial charge in [0.1, 0.15) is 0 Å². The molecule has 2 N–H and O–H groups in total. The minimum atomic E-state index is -0.448. The molecule has 0 heterocycles. The smallest absolute Gasteiger partial charge is 0.228 e. The van der Waals surface area contributed by atoms with Crippen molar-refractivity contribution in [1.82, 2.24) is 0 Å². The van der Waals surface area contributed by atoms with Crippen LogP contribution in [0.15, 0.2) is 54.3 Å². The highest BCUT2D eigenvalue weighted by Gasteiger charge is 2.27. The number of carbonyl (C=O) groups excluding carboxylic acids is 1. The highest BCUT2D eigenvalue weighted by atomic mass is 16.5. The summed E-state index contributed by atoms with van der Waals surface area (Å²) in [5, 5.41) is 21.6. The van der Waals surface area contributed by atoms with Crippen LogP contribution in [0, 0.1) is 0 Å². The molecule has 0 bridgehead atoms. The van der Waals surface area contributed by atoms with Crippen LogP contribution in [0.4, 0.5) is 0 Å². The normalized spacial score (nSPS) is 13.0. The van der Waals surface area contributed by atoms with Crippen LogP contribution >= 0.6 is 0 Å². The summed E-state index contributed by atoms with van der Waals surface area (Å²) in [6, 6.07) is 14.7. The number of hydrogen-bond donors (Lipinski definition) is 2. The van der Waals surface area contributed by atoms with Gasteiger partial charge >= 0.3 is 0 Å². The van der Waals surface area contributed by atoms with Crippen LogP contribution in [0.3, 0.4) is 0 Å². The molecule has 0 saturated heterocycles. The maximum atomic E-state index is 12.6. The number of aliphatic hydroxyl groups excluding tert-OH is 1. The van der Waals surface area contributed by atoms with Crippen LogP contribution in [0.1, 0.15) is 15.9 Å². The van der Waals surface area contributed by atoms with Gasteiger partial charge in [-0.3, -0.25) is 4.79 Å².